The second-order valence-corrected chi connectivity index (χ2v) is 3.20. The molecule has 4 heteroatoms. The Morgan fingerprint density at radius 3 is 2.93 bits per heavy atom. The molecule has 0 fully saturated rings. The van der Waals surface area contributed by atoms with E-state index in [1.54, 1.807) is 19.3 Å². The lowest BCUT2D eigenvalue weighted by Crippen LogP contribution is -2.15. The fraction of sp³-hybridized carbons (Fsp3) is 0.300. The minimum Gasteiger partial charge on any atom is -0.316 e. The van der Waals surface area contributed by atoms with Crippen molar-refractivity contribution in [3.05, 3.63) is 34.6 Å². The Bertz CT molecular complexity index is 530. The monoisotopic (exact) mass is 189 g/mol. The molecule has 0 unspecified atom stereocenters. The third-order valence-electron chi connectivity index (χ3n) is 2.26. The maximum Gasteiger partial charge on any atom is 0.251 e. The Labute approximate surface area is 81.2 Å². The van der Waals surface area contributed by atoms with E-state index in [1.807, 2.05) is 6.92 Å². The van der Waals surface area contributed by atoms with Gasteiger partial charge in [0.15, 0.2) is 0 Å². The zero-order valence-electron chi connectivity index (χ0n) is 8.19. The minimum absolute atomic E-state index is 0.0259. The molecular weight excluding hydrogens is 178 g/mol. The van der Waals surface area contributed by atoms with E-state index >= 15 is 0 Å². The summed E-state index contributed by atoms with van der Waals surface area (Å²) >= 11 is 0. The molecule has 0 aliphatic rings. The smallest absolute Gasteiger partial charge is 0.251 e. The number of aromatic nitrogens is 3. The van der Waals surface area contributed by atoms with Crippen molar-refractivity contribution in [1.29, 1.82) is 0 Å². The molecule has 2 rings (SSSR count). The van der Waals surface area contributed by atoms with Crippen molar-refractivity contribution in [2.45, 2.75) is 13.3 Å². The van der Waals surface area contributed by atoms with Gasteiger partial charge in [0.1, 0.15) is 6.33 Å². The highest BCUT2D eigenvalue weighted by Gasteiger charge is 2.03. The first kappa shape index (κ1) is 8.87. The maximum atomic E-state index is 11.4. The molecule has 0 aliphatic heterocycles. The van der Waals surface area contributed by atoms with E-state index in [0.29, 0.717) is 0 Å². The summed E-state index contributed by atoms with van der Waals surface area (Å²) in [6.45, 7) is 2.01. The van der Waals surface area contributed by atoms with E-state index in [0.717, 1.165) is 23.0 Å². The van der Waals surface area contributed by atoms with E-state index < -0.39 is 0 Å². The van der Waals surface area contributed by atoms with Crippen LogP contribution in [0.15, 0.2) is 23.4 Å². The van der Waals surface area contributed by atoms with Crippen LogP contribution in [0.25, 0.3) is 10.9 Å². The van der Waals surface area contributed by atoms with E-state index in [4.69, 9.17) is 0 Å². The average Bonchev–Trinajstić information content (AvgIpc) is 2.19. The first-order chi connectivity index (χ1) is 6.72. The number of nitrogens with zero attached hydrogens (tertiary/aromatic N) is 3. The summed E-state index contributed by atoms with van der Waals surface area (Å²) in [5, 5.41) is 0.859. The molecule has 2 heterocycles. The maximum absolute atomic E-state index is 11.4. The van der Waals surface area contributed by atoms with Crippen molar-refractivity contribution in [3.63, 3.8) is 0 Å². The van der Waals surface area contributed by atoms with E-state index in [-0.39, 0.29) is 5.56 Å². The molecule has 2 aromatic heterocycles. The summed E-state index contributed by atoms with van der Waals surface area (Å²) in [5.74, 6) is 0. The van der Waals surface area contributed by atoms with E-state index in [2.05, 4.69) is 9.97 Å². The average molecular weight is 189 g/mol. The molecule has 0 spiro atoms. The molecule has 0 aromatic carbocycles. The van der Waals surface area contributed by atoms with E-state index in [1.165, 1.54) is 10.9 Å². The molecule has 14 heavy (non-hydrogen) atoms. The van der Waals surface area contributed by atoms with Crippen molar-refractivity contribution in [2.24, 2.45) is 7.05 Å². The molecule has 72 valence electrons. The number of hydrogen-bond acceptors (Lipinski definition) is 3. The summed E-state index contributed by atoms with van der Waals surface area (Å²) in [7, 11) is 1.72. The van der Waals surface area contributed by atoms with Crippen LogP contribution in [-0.4, -0.2) is 14.5 Å². The number of rotatable bonds is 1. The minimum atomic E-state index is -0.0259. The second-order valence-electron chi connectivity index (χ2n) is 3.20. The summed E-state index contributed by atoms with van der Waals surface area (Å²) in [5.41, 5.74) is 1.72. The predicted molar refractivity (Wildman–Crippen MR) is 54.2 cm³/mol. The SMILES string of the molecule is CCc1ncnc2cn(C)c(=O)cc12. The molecule has 0 saturated carbocycles. The Kier molecular flexibility index (Phi) is 2.04. The fourth-order valence-electron chi connectivity index (χ4n) is 1.46. The van der Waals surface area contributed by atoms with Gasteiger partial charge in [0.25, 0.3) is 5.56 Å². The van der Waals surface area contributed by atoms with Crippen LogP contribution >= 0.6 is 0 Å². The normalized spacial score (nSPS) is 10.7. The third-order valence-corrected chi connectivity index (χ3v) is 2.26. The molecule has 2 aromatic rings. The quantitative estimate of drug-likeness (QED) is 0.669. The summed E-state index contributed by atoms with van der Waals surface area (Å²) < 4.78 is 1.52. The van der Waals surface area contributed by atoms with Crippen LogP contribution in [0.3, 0.4) is 0 Å². The topological polar surface area (TPSA) is 47.8 Å². The molecule has 0 bridgehead atoms. The first-order valence-electron chi connectivity index (χ1n) is 4.52. The third kappa shape index (κ3) is 1.28. The van der Waals surface area contributed by atoms with Crippen molar-refractivity contribution in [2.75, 3.05) is 0 Å². The number of hydrogen-bond donors (Lipinski definition) is 0. The standard InChI is InChI=1S/C10H11N3O/c1-3-8-7-4-10(14)13(2)5-9(7)12-6-11-8/h4-6H,3H2,1-2H3. The van der Waals surface area contributed by atoms with Crippen molar-refractivity contribution >= 4 is 10.9 Å². The summed E-state index contributed by atoms with van der Waals surface area (Å²) in [4.78, 5) is 19.7. The predicted octanol–water partition coefficient (Wildman–Crippen LogP) is 0.891. The lowest BCUT2D eigenvalue weighted by atomic mass is 10.2. The lowest BCUT2D eigenvalue weighted by molar-refractivity contribution is 0.864. The molecule has 0 atom stereocenters. The molecule has 0 N–H and O–H groups in total. The summed E-state index contributed by atoms with van der Waals surface area (Å²) in [6, 6.07) is 1.59. The van der Waals surface area contributed by atoms with Gasteiger partial charge in [0.05, 0.1) is 11.2 Å². The van der Waals surface area contributed by atoms with Gasteiger partial charge in [0, 0.05) is 24.7 Å². The fourth-order valence-corrected chi connectivity index (χ4v) is 1.46. The Morgan fingerprint density at radius 1 is 1.43 bits per heavy atom. The summed E-state index contributed by atoms with van der Waals surface area (Å²) in [6.07, 6.45) is 4.08. The number of aryl methyl sites for hydroxylation is 2. The van der Waals surface area contributed by atoms with Crippen molar-refractivity contribution in [1.82, 2.24) is 14.5 Å². The van der Waals surface area contributed by atoms with Crippen LogP contribution in [0.1, 0.15) is 12.6 Å². The molecule has 4 nitrogen and oxygen atoms in total. The molecule has 0 radical (unpaired) electrons. The number of fused-ring (bicyclic) bond motifs is 1. The van der Waals surface area contributed by atoms with Gasteiger partial charge >= 0.3 is 0 Å². The zero-order valence-corrected chi connectivity index (χ0v) is 8.19. The van der Waals surface area contributed by atoms with Gasteiger partial charge in [-0.25, -0.2) is 9.97 Å². The van der Waals surface area contributed by atoms with Gasteiger partial charge in [-0.15, -0.1) is 0 Å². The van der Waals surface area contributed by atoms with Crippen LogP contribution in [0.4, 0.5) is 0 Å². The van der Waals surface area contributed by atoms with Gasteiger partial charge in [-0.1, -0.05) is 6.92 Å². The second kappa shape index (κ2) is 3.21. The number of pyridine rings is 1. The largest absolute Gasteiger partial charge is 0.316 e. The Morgan fingerprint density at radius 2 is 2.21 bits per heavy atom. The van der Waals surface area contributed by atoms with Crippen LogP contribution in [0.2, 0.25) is 0 Å². The van der Waals surface area contributed by atoms with Gasteiger partial charge < -0.3 is 4.57 Å². The van der Waals surface area contributed by atoms with E-state index in [9.17, 15) is 4.79 Å². The van der Waals surface area contributed by atoms with Crippen LogP contribution in [0.5, 0.6) is 0 Å². The molecule has 0 amide bonds. The lowest BCUT2D eigenvalue weighted by Gasteiger charge is -2.03. The zero-order chi connectivity index (χ0) is 10.1. The highest BCUT2D eigenvalue weighted by Crippen LogP contribution is 2.11. The highest BCUT2D eigenvalue weighted by atomic mass is 16.1. The van der Waals surface area contributed by atoms with Gasteiger partial charge in [-0.2, -0.15) is 0 Å². The Balaban J connectivity index is 2.88. The van der Waals surface area contributed by atoms with Crippen molar-refractivity contribution < 1.29 is 0 Å². The van der Waals surface area contributed by atoms with Gasteiger partial charge in [0.2, 0.25) is 0 Å². The first-order valence-corrected chi connectivity index (χ1v) is 4.52. The molecular formula is C10H11N3O. The molecule has 0 aliphatic carbocycles. The van der Waals surface area contributed by atoms with Crippen molar-refractivity contribution in [3.8, 4) is 0 Å². The Hall–Kier alpha value is -1.71. The molecule has 0 saturated heterocycles. The van der Waals surface area contributed by atoms with Crippen LogP contribution in [-0.2, 0) is 13.5 Å². The van der Waals surface area contributed by atoms with Crippen LogP contribution < -0.4 is 5.56 Å². The van der Waals surface area contributed by atoms with Crippen LogP contribution in [0, 0.1) is 0 Å². The van der Waals surface area contributed by atoms with Gasteiger partial charge in [-0.05, 0) is 6.42 Å². The van der Waals surface area contributed by atoms with Gasteiger partial charge in [-0.3, -0.25) is 4.79 Å². The highest BCUT2D eigenvalue weighted by molar-refractivity contribution is 5.79.